The van der Waals surface area contributed by atoms with Gasteiger partial charge in [0.05, 0.1) is 19.2 Å². The predicted octanol–water partition coefficient (Wildman–Crippen LogP) is 2.59. The second-order valence-corrected chi connectivity index (χ2v) is 7.82. The first-order valence-electron chi connectivity index (χ1n) is 10.4. The summed E-state index contributed by atoms with van der Waals surface area (Å²) in [5.74, 6) is 0.716. The number of fused-ring (bicyclic) bond motifs is 1. The van der Waals surface area contributed by atoms with Gasteiger partial charge < -0.3 is 29.6 Å². The minimum atomic E-state index is -0.104. The summed E-state index contributed by atoms with van der Waals surface area (Å²) < 4.78 is 10.6. The first-order chi connectivity index (χ1) is 14.4. The third kappa shape index (κ3) is 7.59. The number of rotatable bonds is 12. The fourth-order valence-corrected chi connectivity index (χ4v) is 3.39. The van der Waals surface area contributed by atoms with Gasteiger partial charge in [0.15, 0.2) is 5.11 Å². The van der Waals surface area contributed by atoms with Gasteiger partial charge in [-0.3, -0.25) is 4.79 Å². The maximum absolute atomic E-state index is 12.7. The summed E-state index contributed by atoms with van der Waals surface area (Å²) in [6.07, 6.45) is 1.84. The van der Waals surface area contributed by atoms with Gasteiger partial charge in [0.1, 0.15) is 5.75 Å². The van der Waals surface area contributed by atoms with Crippen molar-refractivity contribution in [2.45, 2.75) is 26.3 Å². The van der Waals surface area contributed by atoms with E-state index in [1.165, 1.54) is 0 Å². The van der Waals surface area contributed by atoms with E-state index in [2.05, 4.69) is 34.2 Å². The van der Waals surface area contributed by atoms with Gasteiger partial charge in [-0.15, -0.1) is 0 Å². The van der Waals surface area contributed by atoms with E-state index in [1.54, 1.807) is 7.11 Å². The van der Waals surface area contributed by atoms with Gasteiger partial charge in [0.25, 0.3) is 5.56 Å². The normalized spacial score (nSPS) is 11.1. The number of methoxy groups -OCH3 is 1. The number of H-pyrrole nitrogens is 1. The number of ether oxygens (including phenoxy) is 2. The van der Waals surface area contributed by atoms with Crippen molar-refractivity contribution in [3.8, 4) is 5.75 Å². The van der Waals surface area contributed by atoms with E-state index < -0.39 is 0 Å². The molecule has 0 amide bonds. The van der Waals surface area contributed by atoms with Crippen molar-refractivity contribution < 1.29 is 9.47 Å². The fraction of sp³-hybridized carbons (Fsp3) is 0.545. The maximum Gasteiger partial charge on any atom is 0.253 e. The summed E-state index contributed by atoms with van der Waals surface area (Å²) in [4.78, 5) is 19.9. The molecular formula is C22H34N4O3S. The molecule has 0 aliphatic carbocycles. The van der Waals surface area contributed by atoms with Gasteiger partial charge in [0.2, 0.25) is 0 Å². The Morgan fingerprint density at radius 3 is 2.70 bits per heavy atom. The molecule has 2 aromatic rings. The fourth-order valence-electron chi connectivity index (χ4n) is 3.13. The molecule has 30 heavy (non-hydrogen) atoms. The molecule has 0 unspecified atom stereocenters. The van der Waals surface area contributed by atoms with Gasteiger partial charge in [-0.05, 0) is 76.2 Å². The lowest BCUT2D eigenvalue weighted by Crippen LogP contribution is -2.42. The van der Waals surface area contributed by atoms with Crippen LogP contribution in [0.5, 0.6) is 5.75 Å². The van der Waals surface area contributed by atoms with Crippen LogP contribution in [0.3, 0.4) is 0 Å². The molecule has 0 saturated carbocycles. The maximum atomic E-state index is 12.7. The third-order valence-electron chi connectivity index (χ3n) is 4.76. The highest BCUT2D eigenvalue weighted by molar-refractivity contribution is 7.80. The van der Waals surface area contributed by atoms with Crippen LogP contribution in [0.25, 0.3) is 10.9 Å². The average Bonchev–Trinajstić information content (AvgIpc) is 2.72. The molecule has 7 nitrogen and oxygen atoms in total. The number of hydrogen-bond acceptors (Lipinski definition) is 5. The van der Waals surface area contributed by atoms with Gasteiger partial charge >= 0.3 is 0 Å². The summed E-state index contributed by atoms with van der Waals surface area (Å²) in [6.45, 7) is 6.35. The first-order valence-corrected chi connectivity index (χ1v) is 10.8. The number of aromatic nitrogens is 1. The second kappa shape index (κ2) is 12.5. The Morgan fingerprint density at radius 1 is 1.20 bits per heavy atom. The van der Waals surface area contributed by atoms with E-state index in [4.69, 9.17) is 21.7 Å². The minimum absolute atomic E-state index is 0.104. The Balaban J connectivity index is 2.12. The highest BCUT2D eigenvalue weighted by atomic mass is 32.1. The summed E-state index contributed by atoms with van der Waals surface area (Å²) in [5.41, 5.74) is 1.35. The van der Waals surface area contributed by atoms with E-state index in [1.807, 2.05) is 31.2 Å². The SMILES string of the molecule is CCOCCCNC(=S)N(CCCN(C)C)Cc1cc2ccc(OC)cc2[nH]c1=O. The Kier molecular flexibility index (Phi) is 10.1. The van der Waals surface area contributed by atoms with Crippen molar-refractivity contribution in [3.63, 3.8) is 0 Å². The molecule has 166 valence electrons. The van der Waals surface area contributed by atoms with Crippen LogP contribution in [-0.2, 0) is 11.3 Å². The van der Waals surface area contributed by atoms with E-state index >= 15 is 0 Å². The highest BCUT2D eigenvalue weighted by Crippen LogP contribution is 2.19. The van der Waals surface area contributed by atoms with Crippen molar-refractivity contribution in [1.82, 2.24) is 20.1 Å². The van der Waals surface area contributed by atoms with Gasteiger partial charge in [-0.1, -0.05) is 0 Å². The smallest absolute Gasteiger partial charge is 0.253 e. The van der Waals surface area contributed by atoms with Crippen molar-refractivity contribution in [3.05, 3.63) is 40.2 Å². The van der Waals surface area contributed by atoms with Crippen LogP contribution in [0.1, 0.15) is 25.3 Å². The van der Waals surface area contributed by atoms with Crippen LogP contribution in [0.4, 0.5) is 0 Å². The van der Waals surface area contributed by atoms with Gasteiger partial charge in [0, 0.05) is 37.9 Å². The number of hydrogen-bond donors (Lipinski definition) is 2. The molecule has 8 heteroatoms. The van der Waals surface area contributed by atoms with Crippen LogP contribution in [-0.4, -0.2) is 73.9 Å². The Hall–Kier alpha value is -2.16. The topological polar surface area (TPSA) is 69.8 Å². The zero-order valence-corrected chi connectivity index (χ0v) is 19.3. The molecule has 1 heterocycles. The zero-order chi connectivity index (χ0) is 21.9. The van der Waals surface area contributed by atoms with Crippen LogP contribution >= 0.6 is 12.2 Å². The summed E-state index contributed by atoms with van der Waals surface area (Å²) >= 11 is 5.64. The third-order valence-corrected chi connectivity index (χ3v) is 5.16. The molecule has 0 saturated heterocycles. The van der Waals surface area contributed by atoms with Crippen molar-refractivity contribution in [1.29, 1.82) is 0 Å². The molecule has 0 aliphatic rings. The first kappa shape index (κ1) is 24.1. The van der Waals surface area contributed by atoms with Crippen LogP contribution in [0.15, 0.2) is 29.1 Å². The molecule has 0 fully saturated rings. The summed E-state index contributed by atoms with van der Waals surface area (Å²) in [7, 11) is 5.72. The second-order valence-electron chi connectivity index (χ2n) is 7.44. The molecule has 1 aromatic heterocycles. The van der Waals surface area contributed by atoms with Gasteiger partial charge in [-0.2, -0.15) is 0 Å². The molecule has 2 rings (SSSR count). The highest BCUT2D eigenvalue weighted by Gasteiger charge is 2.13. The van der Waals surface area contributed by atoms with Gasteiger partial charge in [-0.25, -0.2) is 0 Å². The average molecular weight is 435 g/mol. The van der Waals surface area contributed by atoms with E-state index in [9.17, 15) is 4.79 Å². The molecule has 1 aromatic carbocycles. The van der Waals surface area contributed by atoms with Crippen molar-refractivity contribution in [2.75, 3.05) is 54.1 Å². The lowest BCUT2D eigenvalue weighted by atomic mass is 10.1. The number of benzene rings is 1. The molecule has 0 bridgehead atoms. The molecule has 0 atom stereocenters. The summed E-state index contributed by atoms with van der Waals surface area (Å²) in [6, 6.07) is 7.61. The standard InChI is InChI=1S/C22H34N4O3S/c1-5-29-13-6-10-23-22(30)26(12-7-11-25(2)3)16-18-14-17-8-9-19(28-4)15-20(17)24-21(18)27/h8-9,14-15H,5-7,10-13,16H2,1-4H3,(H,23,30)(H,24,27). The van der Waals surface area contributed by atoms with Crippen molar-refractivity contribution >= 4 is 28.2 Å². The Bertz CT molecular complexity index is 869. The molecule has 0 aliphatic heterocycles. The number of nitrogens with zero attached hydrogens (tertiary/aromatic N) is 2. The summed E-state index contributed by atoms with van der Waals surface area (Å²) in [5, 5.41) is 4.94. The number of nitrogens with one attached hydrogen (secondary N) is 2. The molecular weight excluding hydrogens is 400 g/mol. The lowest BCUT2D eigenvalue weighted by Gasteiger charge is -2.26. The monoisotopic (exact) mass is 434 g/mol. The van der Waals surface area contributed by atoms with Crippen LogP contribution in [0.2, 0.25) is 0 Å². The number of pyridine rings is 1. The largest absolute Gasteiger partial charge is 0.497 e. The predicted molar refractivity (Wildman–Crippen MR) is 126 cm³/mol. The molecule has 2 N–H and O–H groups in total. The molecule has 0 spiro atoms. The molecule has 0 radical (unpaired) electrons. The minimum Gasteiger partial charge on any atom is -0.497 e. The number of aromatic amines is 1. The van der Waals surface area contributed by atoms with Crippen molar-refractivity contribution in [2.24, 2.45) is 0 Å². The lowest BCUT2D eigenvalue weighted by molar-refractivity contribution is 0.145. The van der Waals surface area contributed by atoms with E-state index in [-0.39, 0.29) is 5.56 Å². The van der Waals surface area contributed by atoms with Crippen LogP contribution < -0.4 is 15.6 Å². The number of thiocarbonyl (C=S) groups is 1. The zero-order valence-electron chi connectivity index (χ0n) is 18.5. The van der Waals surface area contributed by atoms with E-state index in [0.717, 1.165) is 50.0 Å². The quantitative estimate of drug-likeness (QED) is 0.393. The Morgan fingerprint density at radius 2 is 2.00 bits per heavy atom. The Labute approximate surface area is 184 Å². The van der Waals surface area contributed by atoms with E-state index in [0.29, 0.717) is 29.6 Å². The van der Waals surface area contributed by atoms with Crippen LogP contribution in [0, 0.1) is 0 Å².